The molecule has 3 N–H and O–H groups in total. The van der Waals surface area contributed by atoms with Crippen LogP contribution in [-0.4, -0.2) is 39.0 Å². The number of hydrogen-bond donors (Lipinski definition) is 2. The molecular weight excluding hydrogens is 434 g/mol. The summed E-state index contributed by atoms with van der Waals surface area (Å²) in [5, 5.41) is 13.2. The van der Waals surface area contributed by atoms with Gasteiger partial charge < -0.3 is 11.1 Å². The number of rotatable bonds is 9. The van der Waals surface area contributed by atoms with Crippen molar-refractivity contribution in [3.05, 3.63) is 70.7 Å². The summed E-state index contributed by atoms with van der Waals surface area (Å²) in [6, 6.07) is 17.2. The van der Waals surface area contributed by atoms with Gasteiger partial charge in [-0.25, -0.2) is 0 Å². The van der Waals surface area contributed by atoms with Crippen LogP contribution >= 0.6 is 11.3 Å². The molecule has 4 aromatic rings. The summed E-state index contributed by atoms with van der Waals surface area (Å²) in [7, 11) is 0. The average molecular weight is 463 g/mol. The third kappa shape index (κ3) is 5.32. The minimum absolute atomic E-state index is 0.0862. The number of unbranched alkanes of at least 4 members (excludes halogenated alkanes) is 2. The van der Waals surface area contributed by atoms with E-state index in [0.29, 0.717) is 24.5 Å². The minimum Gasteiger partial charge on any atom is -0.352 e. The van der Waals surface area contributed by atoms with Crippen molar-refractivity contribution in [3.63, 3.8) is 0 Å². The first-order valence-corrected chi connectivity index (χ1v) is 11.9. The first-order chi connectivity index (χ1) is 16.1. The molecule has 170 valence electrons. The maximum atomic E-state index is 12.5. The molecule has 4 rings (SSSR count). The maximum Gasteiger partial charge on any atom is 0.364 e. The Balaban J connectivity index is 1.61. The van der Waals surface area contributed by atoms with E-state index in [1.807, 2.05) is 56.3 Å². The second-order valence-corrected chi connectivity index (χ2v) is 8.94. The molecule has 2 heterocycles. The van der Waals surface area contributed by atoms with Gasteiger partial charge in [-0.05, 0) is 84.3 Å². The molecule has 0 bridgehead atoms. The second-order valence-electron chi connectivity index (χ2n) is 7.76. The third-order valence-corrected chi connectivity index (χ3v) is 6.34. The summed E-state index contributed by atoms with van der Waals surface area (Å²) < 4.78 is 0. The lowest BCUT2D eigenvalue weighted by Gasteiger charge is -2.05. The number of aryl methyl sites for hydroxylation is 2. The van der Waals surface area contributed by atoms with E-state index in [0.717, 1.165) is 46.2 Å². The van der Waals surface area contributed by atoms with Gasteiger partial charge in [-0.3, -0.25) is 4.79 Å². The first kappa shape index (κ1) is 22.8. The largest absolute Gasteiger partial charge is 0.364 e. The minimum atomic E-state index is -0.0862. The molecule has 2 aromatic heterocycles. The zero-order chi connectivity index (χ0) is 23.2. The molecular formula is C24H28N7OS+. The molecule has 0 fully saturated rings. The Morgan fingerprint density at radius 3 is 2.48 bits per heavy atom. The van der Waals surface area contributed by atoms with Crippen LogP contribution in [0, 0.1) is 13.8 Å². The molecule has 0 unspecified atom stereocenters. The van der Waals surface area contributed by atoms with Crippen molar-refractivity contribution in [1.82, 2.24) is 25.3 Å². The SMILES string of the molecule is Cc1nc(-[n+]2nc(-c3ccccc3)nn2-c2ccc(C(=O)NCCCCCN)cc2)sc1C. The quantitative estimate of drug-likeness (QED) is 0.294. The fraction of sp³-hybridized carbons (Fsp3) is 0.292. The highest BCUT2D eigenvalue weighted by atomic mass is 32.1. The van der Waals surface area contributed by atoms with Crippen LogP contribution in [0.1, 0.15) is 40.2 Å². The highest BCUT2D eigenvalue weighted by Crippen LogP contribution is 2.19. The van der Waals surface area contributed by atoms with E-state index in [2.05, 4.69) is 10.3 Å². The summed E-state index contributed by atoms with van der Waals surface area (Å²) in [6.45, 7) is 5.36. The highest BCUT2D eigenvalue weighted by molar-refractivity contribution is 7.13. The summed E-state index contributed by atoms with van der Waals surface area (Å²) in [4.78, 5) is 21.7. The number of hydrogen-bond acceptors (Lipinski definition) is 6. The van der Waals surface area contributed by atoms with E-state index in [1.54, 1.807) is 33.1 Å². The number of thiazole rings is 1. The highest BCUT2D eigenvalue weighted by Gasteiger charge is 2.25. The number of nitrogens with two attached hydrogens (primary N) is 1. The van der Waals surface area contributed by atoms with Crippen molar-refractivity contribution in [2.45, 2.75) is 33.1 Å². The van der Waals surface area contributed by atoms with Crippen molar-refractivity contribution < 1.29 is 9.59 Å². The van der Waals surface area contributed by atoms with Gasteiger partial charge >= 0.3 is 5.13 Å². The topological polar surface area (TPSA) is 103 Å². The number of nitrogens with zero attached hydrogens (tertiary/aromatic N) is 5. The van der Waals surface area contributed by atoms with E-state index in [1.165, 1.54) is 0 Å². The number of aromatic nitrogens is 5. The second kappa shape index (κ2) is 10.5. The van der Waals surface area contributed by atoms with Gasteiger partial charge in [0.2, 0.25) is 0 Å². The summed E-state index contributed by atoms with van der Waals surface area (Å²) in [6.07, 6.45) is 2.92. The molecule has 0 saturated heterocycles. The number of tetrazole rings is 1. The Bertz CT molecular complexity index is 1200. The molecule has 2 aromatic carbocycles. The summed E-state index contributed by atoms with van der Waals surface area (Å²) in [5.74, 6) is 0.511. The van der Waals surface area contributed by atoms with Crippen molar-refractivity contribution in [3.8, 4) is 22.2 Å². The Morgan fingerprint density at radius 1 is 1.06 bits per heavy atom. The fourth-order valence-electron chi connectivity index (χ4n) is 3.32. The number of amides is 1. The number of carbonyl (C=O) groups is 1. The lowest BCUT2D eigenvalue weighted by Crippen LogP contribution is -2.43. The zero-order valence-electron chi connectivity index (χ0n) is 18.9. The van der Waals surface area contributed by atoms with E-state index < -0.39 is 0 Å². The van der Waals surface area contributed by atoms with Crippen LogP contribution < -0.4 is 15.8 Å². The van der Waals surface area contributed by atoms with E-state index >= 15 is 0 Å². The van der Waals surface area contributed by atoms with Crippen LogP contribution in [0.3, 0.4) is 0 Å². The third-order valence-electron chi connectivity index (χ3n) is 5.31. The Labute approximate surface area is 197 Å². The van der Waals surface area contributed by atoms with Gasteiger partial charge in [0.25, 0.3) is 11.7 Å². The van der Waals surface area contributed by atoms with Crippen LogP contribution in [0.25, 0.3) is 22.2 Å². The first-order valence-electron chi connectivity index (χ1n) is 11.0. The van der Waals surface area contributed by atoms with Gasteiger partial charge in [-0.2, -0.15) is 0 Å². The number of nitrogens with one attached hydrogen (secondary N) is 1. The number of benzene rings is 2. The predicted octanol–water partition coefficient (Wildman–Crippen LogP) is 3.14. The van der Waals surface area contributed by atoms with Crippen LogP contribution in [0.15, 0.2) is 54.6 Å². The molecule has 8 nitrogen and oxygen atoms in total. The zero-order valence-corrected chi connectivity index (χ0v) is 19.7. The maximum absolute atomic E-state index is 12.5. The molecule has 0 aliphatic heterocycles. The summed E-state index contributed by atoms with van der Waals surface area (Å²) in [5.41, 5.74) is 8.79. The van der Waals surface area contributed by atoms with Gasteiger partial charge in [-0.15, -0.1) is 0 Å². The van der Waals surface area contributed by atoms with E-state index in [4.69, 9.17) is 15.9 Å². The monoisotopic (exact) mass is 462 g/mol. The summed E-state index contributed by atoms with van der Waals surface area (Å²) >= 11 is 1.56. The Hall–Kier alpha value is -3.43. The predicted molar refractivity (Wildman–Crippen MR) is 129 cm³/mol. The van der Waals surface area contributed by atoms with Gasteiger partial charge in [0.15, 0.2) is 0 Å². The van der Waals surface area contributed by atoms with E-state index in [9.17, 15) is 4.79 Å². The lowest BCUT2D eigenvalue weighted by atomic mass is 10.2. The molecule has 0 spiro atoms. The molecule has 0 radical (unpaired) electrons. The smallest absolute Gasteiger partial charge is 0.352 e. The standard InChI is InChI=1S/C24H27N7OS/c1-17-18(2)33-24(27-17)31-29-22(19-9-5-3-6-10-19)28-30(31)21-13-11-20(12-14-21)23(32)26-16-8-4-7-15-25/h3,5-6,9-14H,4,7-8,15-16,25H2,1-2H3/p+1. The normalized spacial score (nSPS) is 11.0. The van der Waals surface area contributed by atoms with Crippen molar-refractivity contribution in [2.24, 2.45) is 5.73 Å². The molecule has 0 aliphatic carbocycles. The molecule has 9 heteroatoms. The van der Waals surface area contributed by atoms with E-state index in [-0.39, 0.29) is 5.91 Å². The van der Waals surface area contributed by atoms with Crippen molar-refractivity contribution in [2.75, 3.05) is 13.1 Å². The number of carbonyl (C=O) groups excluding carboxylic acids is 1. The molecule has 0 saturated carbocycles. The van der Waals surface area contributed by atoms with Crippen LogP contribution in [0.2, 0.25) is 0 Å². The Morgan fingerprint density at radius 2 is 1.82 bits per heavy atom. The van der Waals surface area contributed by atoms with Gasteiger partial charge in [0.05, 0.1) is 0 Å². The molecule has 0 aliphatic rings. The average Bonchev–Trinajstić information content (AvgIpc) is 3.43. The molecule has 0 atom stereocenters. The van der Waals surface area contributed by atoms with Gasteiger partial charge in [0.1, 0.15) is 11.4 Å². The molecule has 33 heavy (non-hydrogen) atoms. The van der Waals surface area contributed by atoms with Crippen LogP contribution in [-0.2, 0) is 0 Å². The van der Waals surface area contributed by atoms with Crippen molar-refractivity contribution >= 4 is 17.2 Å². The van der Waals surface area contributed by atoms with Crippen LogP contribution in [0.4, 0.5) is 0 Å². The Kier molecular flexibility index (Phi) is 7.21. The van der Waals surface area contributed by atoms with Crippen LogP contribution in [0.5, 0.6) is 0 Å². The molecule has 1 amide bonds. The van der Waals surface area contributed by atoms with Gasteiger partial charge in [0, 0.05) is 27.6 Å². The fourth-order valence-corrected chi connectivity index (χ4v) is 4.16. The van der Waals surface area contributed by atoms with Gasteiger partial charge in [-0.1, -0.05) is 40.9 Å². The van der Waals surface area contributed by atoms with Crippen molar-refractivity contribution in [1.29, 1.82) is 0 Å². The lowest BCUT2D eigenvalue weighted by molar-refractivity contribution is -0.734.